The van der Waals surface area contributed by atoms with Gasteiger partial charge in [-0.3, -0.25) is 4.79 Å². The number of rotatable bonds is 8. The zero-order valence-corrected chi connectivity index (χ0v) is 15.2. The molecule has 0 atom stereocenters. The van der Waals surface area contributed by atoms with Crippen molar-refractivity contribution in [1.29, 1.82) is 0 Å². The lowest BCUT2D eigenvalue weighted by Gasteiger charge is -2.21. The molecule has 3 aromatic rings. The summed E-state index contributed by atoms with van der Waals surface area (Å²) in [7, 11) is 0. The van der Waals surface area contributed by atoms with Crippen LogP contribution >= 0.6 is 23.1 Å². The Morgan fingerprint density at radius 1 is 1.16 bits per heavy atom. The van der Waals surface area contributed by atoms with Crippen molar-refractivity contribution in [3.8, 4) is 0 Å². The first-order valence-corrected chi connectivity index (χ1v) is 9.78. The summed E-state index contributed by atoms with van der Waals surface area (Å²) in [6, 6.07) is 14.0. The molecule has 0 spiro atoms. The molecule has 0 unspecified atom stereocenters. The zero-order chi connectivity index (χ0) is 17.5. The molecule has 0 aliphatic heterocycles. The average Bonchev–Trinajstić information content (AvgIpc) is 3.31. The third kappa shape index (κ3) is 5.47. The van der Waals surface area contributed by atoms with Crippen LogP contribution in [0.2, 0.25) is 0 Å². The van der Waals surface area contributed by atoms with Crippen molar-refractivity contribution in [2.75, 3.05) is 12.3 Å². The van der Waals surface area contributed by atoms with Crippen LogP contribution in [0.4, 0.5) is 4.39 Å². The van der Waals surface area contributed by atoms with Crippen molar-refractivity contribution in [2.45, 2.75) is 17.9 Å². The molecule has 1 amide bonds. The van der Waals surface area contributed by atoms with Crippen LogP contribution in [0.25, 0.3) is 0 Å². The quantitative estimate of drug-likeness (QED) is 0.528. The number of thiophene rings is 1. The van der Waals surface area contributed by atoms with Crippen molar-refractivity contribution in [1.82, 2.24) is 4.90 Å². The number of thioether (sulfide) groups is 1. The summed E-state index contributed by atoms with van der Waals surface area (Å²) >= 11 is 3.11. The van der Waals surface area contributed by atoms with Gasteiger partial charge in [0.1, 0.15) is 11.6 Å². The lowest BCUT2D eigenvalue weighted by Crippen LogP contribution is -2.33. The Morgan fingerprint density at radius 2 is 2.00 bits per heavy atom. The van der Waals surface area contributed by atoms with Gasteiger partial charge in [-0.2, -0.15) is 0 Å². The Balaban J connectivity index is 1.60. The summed E-state index contributed by atoms with van der Waals surface area (Å²) in [4.78, 5) is 16.6. The van der Waals surface area contributed by atoms with Gasteiger partial charge >= 0.3 is 0 Å². The lowest BCUT2D eigenvalue weighted by molar-refractivity contribution is -0.129. The van der Waals surface area contributed by atoms with E-state index in [1.165, 1.54) is 28.8 Å². The Labute approximate surface area is 154 Å². The van der Waals surface area contributed by atoms with Gasteiger partial charge in [-0.25, -0.2) is 4.39 Å². The van der Waals surface area contributed by atoms with Gasteiger partial charge in [0.2, 0.25) is 5.91 Å². The summed E-state index contributed by atoms with van der Waals surface area (Å²) < 4.78 is 18.4. The van der Waals surface area contributed by atoms with Crippen molar-refractivity contribution in [3.63, 3.8) is 0 Å². The van der Waals surface area contributed by atoms with Crippen molar-refractivity contribution < 1.29 is 13.6 Å². The molecule has 0 N–H and O–H groups in total. The maximum atomic E-state index is 13.0. The molecule has 0 saturated heterocycles. The number of furan rings is 1. The van der Waals surface area contributed by atoms with Gasteiger partial charge in [0.15, 0.2) is 0 Å². The molecule has 0 saturated carbocycles. The number of hydrogen-bond donors (Lipinski definition) is 0. The van der Waals surface area contributed by atoms with Gasteiger partial charge in [0.25, 0.3) is 0 Å². The number of halogens is 1. The molecule has 3 rings (SSSR count). The predicted molar refractivity (Wildman–Crippen MR) is 99.3 cm³/mol. The smallest absolute Gasteiger partial charge is 0.233 e. The van der Waals surface area contributed by atoms with Crippen molar-refractivity contribution >= 4 is 29.0 Å². The maximum Gasteiger partial charge on any atom is 0.233 e. The lowest BCUT2D eigenvalue weighted by atomic mass is 10.3. The summed E-state index contributed by atoms with van der Waals surface area (Å²) in [6.45, 7) is 1.10. The highest BCUT2D eigenvalue weighted by Gasteiger charge is 2.16. The van der Waals surface area contributed by atoms with Crippen molar-refractivity contribution in [2.24, 2.45) is 0 Å². The van der Waals surface area contributed by atoms with Gasteiger partial charge < -0.3 is 9.32 Å². The van der Waals surface area contributed by atoms with Crippen LogP contribution in [0.1, 0.15) is 10.6 Å². The van der Waals surface area contributed by atoms with E-state index in [0.717, 1.165) is 17.1 Å². The molecule has 0 radical (unpaired) electrons. The Kier molecular flexibility index (Phi) is 6.30. The van der Waals surface area contributed by atoms with E-state index in [0.29, 0.717) is 18.8 Å². The number of carbonyl (C=O) groups is 1. The second-order valence-electron chi connectivity index (χ2n) is 5.47. The summed E-state index contributed by atoms with van der Waals surface area (Å²) in [5, 5.41) is 2.04. The first-order chi connectivity index (χ1) is 12.2. The molecule has 2 heterocycles. The normalized spacial score (nSPS) is 10.8. The fourth-order valence-electron chi connectivity index (χ4n) is 2.35. The fourth-order valence-corrected chi connectivity index (χ4v) is 3.85. The minimum Gasteiger partial charge on any atom is -0.467 e. The second kappa shape index (κ2) is 8.87. The molecule has 6 heteroatoms. The predicted octanol–water partition coefficient (Wildman–Crippen LogP) is 4.84. The molecular formula is C19H18FNO2S2. The maximum absolute atomic E-state index is 13.0. The molecule has 0 aliphatic rings. The van der Waals surface area contributed by atoms with Crippen LogP contribution in [-0.4, -0.2) is 23.1 Å². The van der Waals surface area contributed by atoms with E-state index in [4.69, 9.17) is 4.42 Å². The third-order valence-electron chi connectivity index (χ3n) is 3.66. The van der Waals surface area contributed by atoms with Crippen LogP contribution in [0.15, 0.2) is 69.5 Å². The van der Waals surface area contributed by atoms with Crippen LogP contribution in [0, 0.1) is 5.82 Å². The van der Waals surface area contributed by atoms with E-state index < -0.39 is 0 Å². The average molecular weight is 375 g/mol. The van der Waals surface area contributed by atoms with Crippen LogP contribution < -0.4 is 0 Å². The van der Waals surface area contributed by atoms with Gasteiger partial charge in [0.05, 0.1) is 18.6 Å². The molecule has 25 heavy (non-hydrogen) atoms. The van der Waals surface area contributed by atoms with Gasteiger partial charge in [-0.15, -0.1) is 23.1 Å². The monoisotopic (exact) mass is 375 g/mol. The topological polar surface area (TPSA) is 33.5 Å². The van der Waals surface area contributed by atoms with Gasteiger partial charge in [-0.1, -0.05) is 6.07 Å². The highest BCUT2D eigenvalue weighted by molar-refractivity contribution is 8.00. The Morgan fingerprint density at radius 3 is 2.68 bits per heavy atom. The zero-order valence-electron chi connectivity index (χ0n) is 13.6. The number of hydrogen-bond acceptors (Lipinski definition) is 4. The Bertz CT molecular complexity index is 770. The first kappa shape index (κ1) is 17.8. The van der Waals surface area contributed by atoms with Gasteiger partial charge in [0, 0.05) is 16.3 Å². The van der Waals surface area contributed by atoms with E-state index >= 15 is 0 Å². The van der Waals surface area contributed by atoms with Gasteiger partial charge in [-0.05, 0) is 54.3 Å². The first-order valence-electron chi connectivity index (χ1n) is 7.91. The molecule has 3 nitrogen and oxygen atoms in total. The number of amides is 1. The molecule has 2 aromatic heterocycles. The van der Waals surface area contributed by atoms with E-state index in [2.05, 4.69) is 6.07 Å². The third-order valence-corrected chi connectivity index (χ3v) is 5.60. The second-order valence-corrected chi connectivity index (χ2v) is 7.55. The molecule has 0 aliphatic carbocycles. The highest BCUT2D eigenvalue weighted by Crippen LogP contribution is 2.20. The standard InChI is InChI=1S/C19H18FNO2S2/c20-15-5-7-18(8-6-15)25-14-19(22)21(13-16-3-1-11-23-16)10-9-17-4-2-12-24-17/h1-8,11-12H,9-10,13-14H2. The molecule has 1 aromatic carbocycles. The van der Waals surface area contributed by atoms with E-state index in [1.54, 1.807) is 29.7 Å². The molecule has 0 fully saturated rings. The van der Waals surface area contributed by atoms with Crippen LogP contribution in [-0.2, 0) is 17.8 Å². The molecular weight excluding hydrogens is 357 g/mol. The number of nitrogens with zero attached hydrogens (tertiary/aromatic N) is 1. The SMILES string of the molecule is O=C(CSc1ccc(F)cc1)N(CCc1cccs1)Cc1ccco1. The van der Waals surface area contributed by atoms with E-state index in [-0.39, 0.29) is 11.7 Å². The van der Waals surface area contributed by atoms with E-state index in [1.807, 2.05) is 28.5 Å². The minimum absolute atomic E-state index is 0.0438. The number of carbonyl (C=O) groups excluding carboxylic acids is 1. The Hall–Kier alpha value is -2.05. The minimum atomic E-state index is -0.272. The summed E-state index contributed by atoms with van der Waals surface area (Å²) in [6.07, 6.45) is 2.44. The van der Waals surface area contributed by atoms with Crippen molar-refractivity contribution in [3.05, 3.63) is 76.6 Å². The summed E-state index contributed by atoms with van der Waals surface area (Å²) in [5.41, 5.74) is 0. The highest BCUT2D eigenvalue weighted by atomic mass is 32.2. The van der Waals surface area contributed by atoms with Crippen LogP contribution in [0.5, 0.6) is 0 Å². The molecule has 130 valence electrons. The van der Waals surface area contributed by atoms with Crippen LogP contribution in [0.3, 0.4) is 0 Å². The summed E-state index contributed by atoms with van der Waals surface area (Å²) in [5.74, 6) is 0.858. The van der Waals surface area contributed by atoms with E-state index in [9.17, 15) is 9.18 Å². The largest absolute Gasteiger partial charge is 0.467 e. The fraction of sp³-hybridized carbons (Fsp3) is 0.211. The molecule has 0 bridgehead atoms. The number of benzene rings is 1.